The number of piperidine rings is 1. The van der Waals surface area contributed by atoms with Crippen LogP contribution in [-0.4, -0.2) is 54.2 Å². The third kappa shape index (κ3) is 4.97. The van der Waals surface area contributed by atoms with E-state index in [4.69, 9.17) is 0 Å². The lowest BCUT2D eigenvalue weighted by molar-refractivity contribution is 0.168. The molecule has 3 heterocycles. The number of hydrogen-bond donors (Lipinski definition) is 1. The number of thioether (sulfide) groups is 1. The predicted octanol–water partition coefficient (Wildman–Crippen LogP) is 2.94. The normalized spacial score (nSPS) is 18.0. The summed E-state index contributed by atoms with van der Waals surface area (Å²) in [6.07, 6.45) is 9.38. The largest absolute Gasteiger partial charge is 0.299 e. The van der Waals surface area contributed by atoms with Gasteiger partial charge in [-0.2, -0.15) is 0 Å². The summed E-state index contributed by atoms with van der Waals surface area (Å²) in [4.78, 5) is 15.5. The SMILES string of the molecule is CSc1ncc(CN2CCC[C@H](CNS(=O)(=O)c3cccc4cccnc34)C2)cn1. The third-order valence-corrected chi connectivity index (χ3v) is 7.35. The number of aromatic nitrogens is 3. The summed E-state index contributed by atoms with van der Waals surface area (Å²) < 4.78 is 28.7. The van der Waals surface area contributed by atoms with Gasteiger partial charge in [0.25, 0.3) is 0 Å². The average molecular weight is 444 g/mol. The molecule has 7 nitrogen and oxygen atoms in total. The van der Waals surface area contributed by atoms with Gasteiger partial charge in [-0.25, -0.2) is 23.1 Å². The molecule has 1 fully saturated rings. The number of hydrogen-bond acceptors (Lipinski definition) is 7. The average Bonchev–Trinajstić information content (AvgIpc) is 2.78. The molecule has 1 aromatic carbocycles. The second kappa shape index (κ2) is 9.38. The summed E-state index contributed by atoms with van der Waals surface area (Å²) in [6, 6.07) is 8.92. The Balaban J connectivity index is 1.39. The van der Waals surface area contributed by atoms with Crippen molar-refractivity contribution < 1.29 is 8.42 Å². The van der Waals surface area contributed by atoms with Crippen LogP contribution >= 0.6 is 11.8 Å². The molecule has 9 heteroatoms. The number of pyridine rings is 1. The molecule has 1 atom stereocenters. The number of rotatable bonds is 7. The van der Waals surface area contributed by atoms with Gasteiger partial charge in [0.1, 0.15) is 4.90 Å². The minimum absolute atomic E-state index is 0.235. The summed E-state index contributed by atoms with van der Waals surface area (Å²) in [6.45, 7) is 3.05. The van der Waals surface area contributed by atoms with E-state index < -0.39 is 10.0 Å². The van der Waals surface area contributed by atoms with Crippen molar-refractivity contribution in [3.63, 3.8) is 0 Å². The van der Waals surface area contributed by atoms with Crippen molar-refractivity contribution in [1.29, 1.82) is 0 Å². The maximum Gasteiger partial charge on any atom is 0.242 e. The fourth-order valence-corrected chi connectivity index (χ4v) is 5.46. The van der Waals surface area contributed by atoms with E-state index in [1.165, 1.54) is 11.8 Å². The van der Waals surface area contributed by atoms with Crippen molar-refractivity contribution in [3.05, 3.63) is 54.5 Å². The van der Waals surface area contributed by atoms with Crippen molar-refractivity contribution >= 4 is 32.7 Å². The molecule has 3 aromatic rings. The smallest absolute Gasteiger partial charge is 0.242 e. The Morgan fingerprint density at radius 2 is 1.97 bits per heavy atom. The molecule has 0 bridgehead atoms. The Morgan fingerprint density at radius 1 is 1.17 bits per heavy atom. The van der Waals surface area contributed by atoms with Crippen molar-refractivity contribution in [2.75, 3.05) is 25.9 Å². The van der Waals surface area contributed by atoms with Gasteiger partial charge in [-0.1, -0.05) is 30.0 Å². The molecule has 0 amide bonds. The van der Waals surface area contributed by atoms with Crippen molar-refractivity contribution in [1.82, 2.24) is 24.6 Å². The fourth-order valence-electron chi connectivity index (χ4n) is 3.85. The molecule has 1 N–H and O–H groups in total. The summed E-state index contributed by atoms with van der Waals surface area (Å²) in [5, 5.41) is 1.59. The molecule has 30 heavy (non-hydrogen) atoms. The van der Waals surface area contributed by atoms with Gasteiger partial charge in [-0.15, -0.1) is 0 Å². The van der Waals surface area contributed by atoms with E-state index in [2.05, 4.69) is 24.6 Å². The van der Waals surface area contributed by atoms with E-state index in [1.54, 1.807) is 18.3 Å². The zero-order valence-corrected chi connectivity index (χ0v) is 18.5. The topological polar surface area (TPSA) is 88.1 Å². The van der Waals surface area contributed by atoms with Gasteiger partial charge >= 0.3 is 0 Å². The quantitative estimate of drug-likeness (QED) is 0.444. The lowest BCUT2D eigenvalue weighted by Gasteiger charge is -2.32. The molecule has 0 spiro atoms. The molecule has 0 aliphatic carbocycles. The Kier molecular flexibility index (Phi) is 6.62. The molecule has 158 valence electrons. The van der Waals surface area contributed by atoms with Crippen LogP contribution in [0.2, 0.25) is 0 Å². The van der Waals surface area contributed by atoms with Crippen molar-refractivity contribution in [3.8, 4) is 0 Å². The zero-order valence-electron chi connectivity index (χ0n) is 16.9. The summed E-state index contributed by atoms with van der Waals surface area (Å²) in [5.74, 6) is 0.267. The highest BCUT2D eigenvalue weighted by Gasteiger charge is 2.24. The number of fused-ring (bicyclic) bond motifs is 1. The summed E-state index contributed by atoms with van der Waals surface area (Å²) >= 11 is 1.53. The van der Waals surface area contributed by atoms with Crippen LogP contribution < -0.4 is 4.72 Å². The fraction of sp³-hybridized carbons (Fsp3) is 0.381. The number of benzene rings is 1. The van der Waals surface area contributed by atoms with E-state index in [0.29, 0.717) is 12.1 Å². The first kappa shape index (κ1) is 21.2. The number of nitrogens with one attached hydrogen (secondary N) is 1. The van der Waals surface area contributed by atoms with Gasteiger partial charge in [0.15, 0.2) is 5.16 Å². The van der Waals surface area contributed by atoms with E-state index in [-0.39, 0.29) is 10.8 Å². The minimum atomic E-state index is -3.62. The third-order valence-electron chi connectivity index (χ3n) is 5.32. The first-order valence-electron chi connectivity index (χ1n) is 9.96. The number of para-hydroxylation sites is 1. The molecule has 1 aliphatic heterocycles. The summed E-state index contributed by atoms with van der Waals surface area (Å²) in [7, 11) is -3.62. The molecule has 1 saturated heterocycles. The maximum atomic E-state index is 12.9. The van der Waals surface area contributed by atoms with E-state index in [0.717, 1.165) is 48.6 Å². The molecule has 2 aromatic heterocycles. The molecule has 1 aliphatic rings. The van der Waals surface area contributed by atoms with Crippen LogP contribution in [0.25, 0.3) is 10.9 Å². The number of likely N-dealkylation sites (tertiary alicyclic amines) is 1. The Hall–Kier alpha value is -2.07. The van der Waals surface area contributed by atoms with Gasteiger partial charge in [0, 0.05) is 49.2 Å². The van der Waals surface area contributed by atoms with Gasteiger partial charge in [0.2, 0.25) is 10.0 Å². The van der Waals surface area contributed by atoms with Gasteiger partial charge in [-0.05, 0) is 43.7 Å². The van der Waals surface area contributed by atoms with Gasteiger partial charge in [-0.3, -0.25) is 9.88 Å². The Morgan fingerprint density at radius 3 is 2.77 bits per heavy atom. The standard InChI is InChI=1S/C21H25N5O2S2/c1-29-21-23-11-17(12-24-21)15-26-10-4-5-16(14-26)13-25-30(27,28)19-8-2-6-18-7-3-9-22-20(18)19/h2-3,6-9,11-12,16,25H,4-5,10,13-15H2,1H3/t16-/m1/s1. The highest BCUT2D eigenvalue weighted by atomic mass is 32.2. The van der Waals surface area contributed by atoms with Crippen LogP contribution in [0.1, 0.15) is 18.4 Å². The van der Waals surface area contributed by atoms with Crippen LogP contribution in [0, 0.1) is 5.92 Å². The lowest BCUT2D eigenvalue weighted by atomic mass is 9.98. The molecule has 0 saturated carbocycles. The number of sulfonamides is 1. The van der Waals surface area contributed by atoms with Gasteiger partial charge < -0.3 is 0 Å². The molecular weight excluding hydrogens is 418 g/mol. The first-order chi connectivity index (χ1) is 14.5. The second-order valence-electron chi connectivity index (χ2n) is 7.50. The van der Waals surface area contributed by atoms with Crippen molar-refractivity contribution in [2.24, 2.45) is 5.92 Å². The van der Waals surface area contributed by atoms with Crippen LogP contribution in [0.15, 0.2) is 59.0 Å². The zero-order chi connectivity index (χ0) is 21.0. The van der Waals surface area contributed by atoms with Crippen LogP contribution in [-0.2, 0) is 16.6 Å². The molecular formula is C21H25N5O2S2. The predicted molar refractivity (Wildman–Crippen MR) is 119 cm³/mol. The van der Waals surface area contributed by atoms with E-state index in [9.17, 15) is 8.42 Å². The monoisotopic (exact) mass is 443 g/mol. The first-order valence-corrected chi connectivity index (χ1v) is 12.7. The Labute approximate surface area is 181 Å². The molecule has 4 rings (SSSR count). The van der Waals surface area contributed by atoms with Crippen LogP contribution in [0.3, 0.4) is 0 Å². The minimum Gasteiger partial charge on any atom is -0.299 e. The van der Waals surface area contributed by atoms with Gasteiger partial charge in [0.05, 0.1) is 5.52 Å². The summed E-state index contributed by atoms with van der Waals surface area (Å²) in [5.41, 5.74) is 1.59. The van der Waals surface area contributed by atoms with E-state index >= 15 is 0 Å². The van der Waals surface area contributed by atoms with Crippen molar-refractivity contribution in [2.45, 2.75) is 29.4 Å². The van der Waals surface area contributed by atoms with Crippen LogP contribution in [0.4, 0.5) is 0 Å². The highest BCUT2D eigenvalue weighted by Crippen LogP contribution is 2.22. The molecule has 0 radical (unpaired) electrons. The second-order valence-corrected chi connectivity index (χ2v) is 10.0. The lowest BCUT2D eigenvalue weighted by Crippen LogP contribution is -2.40. The highest BCUT2D eigenvalue weighted by molar-refractivity contribution is 7.98. The number of nitrogens with zero attached hydrogens (tertiary/aromatic N) is 4. The molecule has 0 unspecified atom stereocenters. The van der Waals surface area contributed by atoms with Crippen LogP contribution in [0.5, 0.6) is 0 Å². The van der Waals surface area contributed by atoms with E-state index in [1.807, 2.05) is 36.8 Å². The Bertz CT molecular complexity index is 1100. The maximum absolute atomic E-state index is 12.9.